The summed E-state index contributed by atoms with van der Waals surface area (Å²) >= 11 is 0. The van der Waals surface area contributed by atoms with Gasteiger partial charge in [0.05, 0.1) is 0 Å². The van der Waals surface area contributed by atoms with Gasteiger partial charge in [-0.3, -0.25) is 4.99 Å². The molecule has 1 aliphatic heterocycles. The van der Waals surface area contributed by atoms with Gasteiger partial charge < -0.3 is 14.8 Å². The number of rotatable bonds is 6. The molecule has 0 unspecified atom stereocenters. The van der Waals surface area contributed by atoms with Crippen molar-refractivity contribution in [3.05, 3.63) is 18.2 Å². The topological polar surface area (TPSA) is 45.5 Å². The molecule has 23 heavy (non-hydrogen) atoms. The van der Waals surface area contributed by atoms with E-state index < -0.39 is 0 Å². The summed E-state index contributed by atoms with van der Waals surface area (Å²) in [6, 6.07) is 0. The third-order valence-electron chi connectivity index (χ3n) is 4.41. The molecular formula is C17H32IN5. The van der Waals surface area contributed by atoms with Crippen LogP contribution in [0.5, 0.6) is 0 Å². The number of piperidine rings is 1. The molecule has 1 aliphatic rings. The van der Waals surface area contributed by atoms with Gasteiger partial charge in [-0.15, -0.1) is 24.0 Å². The Morgan fingerprint density at radius 3 is 2.70 bits per heavy atom. The van der Waals surface area contributed by atoms with Gasteiger partial charge in [0.1, 0.15) is 5.82 Å². The standard InChI is InChI=1S/C17H31N5.HI/c1-4-18-17(22-12-7-15(2)8-13-22)20-9-5-6-11-21-14-10-19-16(21)3;/h10,14-15H,4-9,11-13H2,1-3H3,(H,18,20);1H. The first-order valence-electron chi connectivity index (χ1n) is 8.71. The van der Waals surface area contributed by atoms with E-state index >= 15 is 0 Å². The van der Waals surface area contributed by atoms with Crippen LogP contribution in [-0.2, 0) is 6.54 Å². The number of hydrogen-bond acceptors (Lipinski definition) is 2. The zero-order valence-corrected chi connectivity index (χ0v) is 17.1. The summed E-state index contributed by atoms with van der Waals surface area (Å²) in [4.78, 5) is 11.5. The fourth-order valence-electron chi connectivity index (χ4n) is 2.87. The summed E-state index contributed by atoms with van der Waals surface area (Å²) in [6.07, 6.45) is 8.76. The number of aliphatic imine (C=N–C) groups is 1. The molecule has 0 bridgehead atoms. The molecule has 1 aromatic rings. The molecule has 0 amide bonds. The predicted molar refractivity (Wildman–Crippen MR) is 108 cm³/mol. The van der Waals surface area contributed by atoms with Gasteiger partial charge >= 0.3 is 0 Å². The number of guanidine groups is 1. The largest absolute Gasteiger partial charge is 0.357 e. The highest BCUT2D eigenvalue weighted by molar-refractivity contribution is 14.0. The van der Waals surface area contributed by atoms with Gasteiger partial charge in [-0.2, -0.15) is 0 Å². The van der Waals surface area contributed by atoms with E-state index in [9.17, 15) is 0 Å². The Morgan fingerprint density at radius 1 is 1.35 bits per heavy atom. The average Bonchev–Trinajstić information content (AvgIpc) is 2.92. The van der Waals surface area contributed by atoms with Crippen LogP contribution in [0.1, 0.15) is 45.4 Å². The van der Waals surface area contributed by atoms with Crippen LogP contribution in [0.2, 0.25) is 0 Å². The Labute approximate surface area is 158 Å². The van der Waals surface area contributed by atoms with E-state index in [1.165, 1.54) is 12.8 Å². The average molecular weight is 433 g/mol. The van der Waals surface area contributed by atoms with Gasteiger partial charge in [-0.1, -0.05) is 6.92 Å². The number of aryl methyl sites for hydroxylation is 2. The molecule has 5 nitrogen and oxygen atoms in total. The van der Waals surface area contributed by atoms with Crippen LogP contribution in [0.3, 0.4) is 0 Å². The van der Waals surface area contributed by atoms with Gasteiger partial charge in [0.2, 0.25) is 0 Å². The van der Waals surface area contributed by atoms with E-state index in [1.807, 2.05) is 6.20 Å². The highest BCUT2D eigenvalue weighted by Crippen LogP contribution is 2.15. The van der Waals surface area contributed by atoms with Crippen LogP contribution in [0.4, 0.5) is 0 Å². The Bertz CT molecular complexity index is 463. The molecule has 6 heteroatoms. The second-order valence-electron chi connectivity index (χ2n) is 6.28. The lowest BCUT2D eigenvalue weighted by molar-refractivity contribution is 0.273. The first-order valence-corrected chi connectivity index (χ1v) is 8.71. The fraction of sp³-hybridized carbons (Fsp3) is 0.765. The third-order valence-corrected chi connectivity index (χ3v) is 4.41. The van der Waals surface area contributed by atoms with Gasteiger partial charge in [-0.05, 0) is 45.4 Å². The second kappa shape index (κ2) is 10.9. The van der Waals surface area contributed by atoms with Crippen molar-refractivity contribution in [2.75, 3.05) is 26.2 Å². The lowest BCUT2D eigenvalue weighted by Crippen LogP contribution is -2.45. The van der Waals surface area contributed by atoms with Gasteiger partial charge in [0.15, 0.2) is 5.96 Å². The molecule has 0 atom stereocenters. The van der Waals surface area contributed by atoms with E-state index in [1.54, 1.807) is 0 Å². The van der Waals surface area contributed by atoms with Crippen LogP contribution >= 0.6 is 24.0 Å². The maximum Gasteiger partial charge on any atom is 0.193 e. The molecule has 1 fully saturated rings. The fourth-order valence-corrected chi connectivity index (χ4v) is 2.87. The van der Waals surface area contributed by atoms with Crippen LogP contribution < -0.4 is 5.32 Å². The summed E-state index contributed by atoms with van der Waals surface area (Å²) in [6.45, 7) is 11.7. The Morgan fingerprint density at radius 2 is 2.09 bits per heavy atom. The van der Waals surface area contributed by atoms with Crippen molar-refractivity contribution in [2.45, 2.75) is 53.0 Å². The zero-order valence-electron chi connectivity index (χ0n) is 14.8. The molecule has 0 radical (unpaired) electrons. The van der Waals surface area contributed by atoms with E-state index in [2.05, 4.69) is 46.7 Å². The molecule has 0 aromatic carbocycles. The minimum absolute atomic E-state index is 0. The quantitative estimate of drug-likeness (QED) is 0.324. The molecule has 2 rings (SSSR count). The lowest BCUT2D eigenvalue weighted by atomic mass is 10.00. The number of nitrogens with zero attached hydrogens (tertiary/aromatic N) is 4. The summed E-state index contributed by atoms with van der Waals surface area (Å²) in [5.74, 6) is 3.06. The van der Waals surface area contributed by atoms with Gasteiger partial charge in [0, 0.05) is 45.1 Å². The highest BCUT2D eigenvalue weighted by atomic mass is 127. The van der Waals surface area contributed by atoms with Crippen LogP contribution in [0.25, 0.3) is 0 Å². The van der Waals surface area contributed by atoms with Crippen molar-refractivity contribution >= 4 is 29.9 Å². The van der Waals surface area contributed by atoms with Crippen molar-refractivity contribution in [1.29, 1.82) is 0 Å². The van der Waals surface area contributed by atoms with E-state index in [0.29, 0.717) is 0 Å². The van der Waals surface area contributed by atoms with Crippen molar-refractivity contribution in [3.63, 3.8) is 0 Å². The molecule has 132 valence electrons. The number of unbranched alkanes of at least 4 members (excludes halogenated alkanes) is 1. The molecule has 0 aliphatic carbocycles. The van der Waals surface area contributed by atoms with Gasteiger partial charge in [0.25, 0.3) is 0 Å². The highest BCUT2D eigenvalue weighted by Gasteiger charge is 2.18. The minimum atomic E-state index is 0. The van der Waals surface area contributed by atoms with Crippen molar-refractivity contribution < 1.29 is 0 Å². The molecular weight excluding hydrogens is 401 g/mol. The monoisotopic (exact) mass is 433 g/mol. The summed E-state index contributed by atoms with van der Waals surface area (Å²) in [5, 5.41) is 3.44. The summed E-state index contributed by atoms with van der Waals surface area (Å²) in [7, 11) is 0. The predicted octanol–water partition coefficient (Wildman–Crippen LogP) is 3.29. The number of nitrogens with one attached hydrogen (secondary N) is 1. The number of imidazole rings is 1. The summed E-state index contributed by atoms with van der Waals surface area (Å²) < 4.78 is 2.21. The Hall–Kier alpha value is -0.790. The number of hydrogen-bond donors (Lipinski definition) is 1. The zero-order chi connectivity index (χ0) is 15.8. The van der Waals surface area contributed by atoms with Crippen molar-refractivity contribution in [1.82, 2.24) is 19.8 Å². The van der Waals surface area contributed by atoms with Crippen molar-refractivity contribution in [3.8, 4) is 0 Å². The first kappa shape index (κ1) is 20.3. The van der Waals surface area contributed by atoms with Crippen molar-refractivity contribution in [2.24, 2.45) is 10.9 Å². The smallest absolute Gasteiger partial charge is 0.193 e. The Balaban J connectivity index is 0.00000264. The number of likely N-dealkylation sites (tertiary alicyclic amines) is 1. The first-order chi connectivity index (χ1) is 10.7. The molecule has 2 heterocycles. The van der Waals surface area contributed by atoms with Crippen LogP contribution in [-0.4, -0.2) is 46.6 Å². The van der Waals surface area contributed by atoms with Crippen LogP contribution in [0, 0.1) is 12.8 Å². The number of aromatic nitrogens is 2. The van der Waals surface area contributed by atoms with Gasteiger partial charge in [-0.25, -0.2) is 4.98 Å². The summed E-state index contributed by atoms with van der Waals surface area (Å²) in [5.41, 5.74) is 0. The minimum Gasteiger partial charge on any atom is -0.357 e. The second-order valence-corrected chi connectivity index (χ2v) is 6.28. The third kappa shape index (κ3) is 6.69. The SMILES string of the molecule is CCNC(=NCCCCn1ccnc1C)N1CCC(C)CC1.I. The lowest BCUT2D eigenvalue weighted by Gasteiger charge is -2.33. The van der Waals surface area contributed by atoms with Crippen LogP contribution in [0.15, 0.2) is 17.4 Å². The maximum atomic E-state index is 4.81. The molecule has 0 saturated carbocycles. The van der Waals surface area contributed by atoms with E-state index in [0.717, 1.165) is 63.3 Å². The molecule has 1 N–H and O–H groups in total. The normalized spacial score (nSPS) is 16.3. The maximum absolute atomic E-state index is 4.81. The number of halogens is 1. The molecule has 0 spiro atoms. The molecule has 1 saturated heterocycles. The molecule has 1 aromatic heterocycles. The van der Waals surface area contributed by atoms with E-state index in [4.69, 9.17) is 4.99 Å². The van der Waals surface area contributed by atoms with E-state index in [-0.39, 0.29) is 24.0 Å². The Kier molecular flexibility index (Phi) is 9.59.